The van der Waals surface area contributed by atoms with Crippen molar-refractivity contribution in [3.05, 3.63) is 24.0 Å². The van der Waals surface area contributed by atoms with Gasteiger partial charge in [-0.25, -0.2) is 0 Å². The quantitative estimate of drug-likeness (QED) is 0.709. The number of ether oxygens (including phenoxy) is 1. The molecule has 0 spiro atoms. The number of nitrogens with zero attached hydrogens (tertiary/aromatic N) is 3. The number of likely N-dealkylation sites (N-methyl/N-ethyl adjacent to an activating group) is 1. The Morgan fingerprint density at radius 3 is 3.00 bits per heavy atom. The normalized spacial score (nSPS) is 9.86. The molecule has 1 aromatic heterocycles. The van der Waals surface area contributed by atoms with Crippen LogP contribution in [-0.4, -0.2) is 37.1 Å². The molecule has 0 aromatic carbocycles. The summed E-state index contributed by atoms with van der Waals surface area (Å²) in [4.78, 5) is 5.92. The average Bonchev–Trinajstić information content (AvgIpc) is 2.18. The summed E-state index contributed by atoms with van der Waals surface area (Å²) >= 11 is 0. The average molecular weight is 191 g/mol. The summed E-state index contributed by atoms with van der Waals surface area (Å²) in [6.45, 7) is 1.38. The lowest BCUT2D eigenvalue weighted by Gasteiger charge is -2.11. The van der Waals surface area contributed by atoms with Gasteiger partial charge in [-0.15, -0.1) is 0 Å². The highest BCUT2D eigenvalue weighted by Gasteiger charge is 2.01. The molecule has 0 bridgehead atoms. The van der Waals surface area contributed by atoms with E-state index in [-0.39, 0.29) is 0 Å². The first kappa shape index (κ1) is 10.5. The van der Waals surface area contributed by atoms with Crippen molar-refractivity contribution >= 4 is 0 Å². The minimum Gasteiger partial charge on any atom is -0.489 e. The Bertz CT molecular complexity index is 330. The van der Waals surface area contributed by atoms with Gasteiger partial charge in [-0.2, -0.15) is 5.26 Å². The molecule has 0 saturated heterocycles. The predicted molar refractivity (Wildman–Crippen MR) is 53.0 cm³/mol. The van der Waals surface area contributed by atoms with Crippen LogP contribution >= 0.6 is 0 Å². The summed E-state index contributed by atoms with van der Waals surface area (Å²) < 4.78 is 5.41. The molecule has 0 aliphatic carbocycles. The summed E-state index contributed by atoms with van der Waals surface area (Å²) in [6, 6.07) is 3.70. The summed E-state index contributed by atoms with van der Waals surface area (Å²) in [6.07, 6.45) is 3.14. The first-order valence-corrected chi connectivity index (χ1v) is 4.35. The number of aromatic nitrogens is 1. The van der Waals surface area contributed by atoms with Crippen LogP contribution in [0.25, 0.3) is 0 Å². The Kier molecular flexibility index (Phi) is 3.89. The minimum atomic E-state index is 0.527. The highest BCUT2D eigenvalue weighted by Crippen LogP contribution is 2.14. The fourth-order valence-electron chi connectivity index (χ4n) is 0.926. The van der Waals surface area contributed by atoms with Crippen LogP contribution in [-0.2, 0) is 0 Å². The van der Waals surface area contributed by atoms with Crippen LogP contribution in [0.4, 0.5) is 0 Å². The van der Waals surface area contributed by atoms with Crippen LogP contribution in [0.1, 0.15) is 5.56 Å². The predicted octanol–water partition coefficient (Wildman–Crippen LogP) is 0.894. The molecule has 1 heterocycles. The molecule has 4 nitrogen and oxygen atoms in total. The molecule has 0 aliphatic heterocycles. The smallest absolute Gasteiger partial charge is 0.155 e. The maximum atomic E-state index is 8.76. The zero-order valence-corrected chi connectivity index (χ0v) is 8.40. The van der Waals surface area contributed by atoms with Gasteiger partial charge in [0.05, 0.1) is 11.8 Å². The highest BCUT2D eigenvalue weighted by molar-refractivity contribution is 5.40. The molecular weight excluding hydrogens is 178 g/mol. The van der Waals surface area contributed by atoms with Crippen LogP contribution in [0.2, 0.25) is 0 Å². The van der Waals surface area contributed by atoms with E-state index in [1.165, 1.54) is 0 Å². The van der Waals surface area contributed by atoms with Crippen molar-refractivity contribution in [3.8, 4) is 11.8 Å². The van der Waals surface area contributed by atoms with E-state index >= 15 is 0 Å². The second-order valence-corrected chi connectivity index (χ2v) is 3.14. The van der Waals surface area contributed by atoms with Gasteiger partial charge in [-0.1, -0.05) is 0 Å². The molecule has 0 N–H and O–H groups in total. The molecule has 14 heavy (non-hydrogen) atoms. The molecule has 0 aliphatic rings. The van der Waals surface area contributed by atoms with E-state index in [0.29, 0.717) is 17.9 Å². The number of hydrogen-bond acceptors (Lipinski definition) is 4. The summed E-state index contributed by atoms with van der Waals surface area (Å²) in [7, 11) is 3.94. The summed E-state index contributed by atoms with van der Waals surface area (Å²) in [5, 5.41) is 8.76. The van der Waals surface area contributed by atoms with Gasteiger partial charge in [-0.05, 0) is 20.2 Å². The molecule has 1 rings (SSSR count). The number of nitriles is 1. The maximum absolute atomic E-state index is 8.76. The first-order chi connectivity index (χ1) is 6.74. The molecule has 0 saturated carbocycles. The molecular formula is C10H13N3O. The largest absolute Gasteiger partial charge is 0.489 e. The van der Waals surface area contributed by atoms with E-state index in [1.54, 1.807) is 18.5 Å². The lowest BCUT2D eigenvalue weighted by atomic mass is 10.3. The molecule has 0 atom stereocenters. The zero-order valence-electron chi connectivity index (χ0n) is 8.40. The van der Waals surface area contributed by atoms with Gasteiger partial charge >= 0.3 is 0 Å². The fraction of sp³-hybridized carbons (Fsp3) is 0.400. The summed E-state index contributed by atoms with van der Waals surface area (Å²) in [5.41, 5.74) is 0.527. The molecule has 0 unspecified atom stereocenters. The lowest BCUT2D eigenvalue weighted by molar-refractivity contribution is 0.260. The Labute approximate surface area is 83.7 Å². The third-order valence-electron chi connectivity index (χ3n) is 1.70. The Morgan fingerprint density at radius 2 is 2.36 bits per heavy atom. The number of pyridine rings is 1. The van der Waals surface area contributed by atoms with E-state index in [4.69, 9.17) is 10.00 Å². The van der Waals surface area contributed by atoms with E-state index < -0.39 is 0 Å². The second-order valence-electron chi connectivity index (χ2n) is 3.14. The Hall–Kier alpha value is -1.60. The van der Waals surface area contributed by atoms with Crippen molar-refractivity contribution in [2.45, 2.75) is 0 Å². The monoisotopic (exact) mass is 191 g/mol. The van der Waals surface area contributed by atoms with E-state index in [0.717, 1.165) is 6.54 Å². The third-order valence-corrected chi connectivity index (χ3v) is 1.70. The van der Waals surface area contributed by atoms with Gasteiger partial charge in [-0.3, -0.25) is 4.98 Å². The molecule has 74 valence electrons. The van der Waals surface area contributed by atoms with Crippen LogP contribution in [0.3, 0.4) is 0 Å². The fourth-order valence-corrected chi connectivity index (χ4v) is 0.926. The van der Waals surface area contributed by atoms with Gasteiger partial charge < -0.3 is 9.64 Å². The molecule has 4 heteroatoms. The minimum absolute atomic E-state index is 0.527. The van der Waals surface area contributed by atoms with Crippen molar-refractivity contribution in [2.75, 3.05) is 27.2 Å². The van der Waals surface area contributed by atoms with Gasteiger partial charge in [0.15, 0.2) is 5.75 Å². The van der Waals surface area contributed by atoms with Crippen molar-refractivity contribution < 1.29 is 4.74 Å². The van der Waals surface area contributed by atoms with Crippen molar-refractivity contribution in [3.63, 3.8) is 0 Å². The first-order valence-electron chi connectivity index (χ1n) is 4.35. The molecule has 0 amide bonds. The standard InChI is InChI=1S/C10H13N3O/c1-13(2)5-6-14-10-8-12-4-3-9(10)7-11/h3-4,8H,5-6H2,1-2H3. The molecule has 0 radical (unpaired) electrons. The van der Waals surface area contributed by atoms with Crippen molar-refractivity contribution in [2.24, 2.45) is 0 Å². The Balaban J connectivity index is 2.54. The second kappa shape index (κ2) is 5.20. The number of rotatable bonds is 4. The Morgan fingerprint density at radius 1 is 1.57 bits per heavy atom. The zero-order chi connectivity index (χ0) is 10.4. The SMILES string of the molecule is CN(C)CCOc1cnccc1C#N. The van der Waals surface area contributed by atoms with Crippen molar-refractivity contribution in [1.29, 1.82) is 5.26 Å². The van der Waals surface area contributed by atoms with Crippen LogP contribution in [0.5, 0.6) is 5.75 Å². The van der Waals surface area contributed by atoms with E-state index in [1.807, 2.05) is 19.0 Å². The third kappa shape index (κ3) is 3.04. The lowest BCUT2D eigenvalue weighted by Crippen LogP contribution is -2.19. The molecule has 0 fully saturated rings. The van der Waals surface area contributed by atoms with Gasteiger partial charge in [0.25, 0.3) is 0 Å². The van der Waals surface area contributed by atoms with Crippen LogP contribution in [0, 0.1) is 11.3 Å². The molecule has 1 aromatic rings. The topological polar surface area (TPSA) is 49.1 Å². The van der Waals surface area contributed by atoms with Crippen molar-refractivity contribution in [1.82, 2.24) is 9.88 Å². The highest BCUT2D eigenvalue weighted by atomic mass is 16.5. The maximum Gasteiger partial charge on any atom is 0.155 e. The van der Waals surface area contributed by atoms with E-state index in [2.05, 4.69) is 11.1 Å². The summed E-state index contributed by atoms with van der Waals surface area (Å²) in [5.74, 6) is 0.553. The van der Waals surface area contributed by atoms with Gasteiger partial charge in [0, 0.05) is 12.7 Å². The van der Waals surface area contributed by atoms with Crippen LogP contribution in [0.15, 0.2) is 18.5 Å². The van der Waals surface area contributed by atoms with E-state index in [9.17, 15) is 0 Å². The van der Waals surface area contributed by atoms with Gasteiger partial charge in [0.2, 0.25) is 0 Å². The number of hydrogen-bond donors (Lipinski definition) is 0. The van der Waals surface area contributed by atoms with Crippen LogP contribution < -0.4 is 4.74 Å². The van der Waals surface area contributed by atoms with Gasteiger partial charge in [0.1, 0.15) is 12.7 Å².